The molecule has 2 nitrogen and oxygen atoms in total. The lowest BCUT2D eigenvalue weighted by atomic mass is 9.98. The lowest BCUT2D eigenvalue weighted by Gasteiger charge is -2.32. The van der Waals surface area contributed by atoms with Crippen molar-refractivity contribution in [1.29, 1.82) is 0 Å². The topological polar surface area (TPSA) is 29.3 Å². The van der Waals surface area contributed by atoms with Crippen LogP contribution in [0.15, 0.2) is 24.3 Å². The number of benzene rings is 1. The van der Waals surface area contributed by atoms with Crippen molar-refractivity contribution in [3.8, 4) is 0 Å². The van der Waals surface area contributed by atoms with Crippen molar-refractivity contribution in [3.63, 3.8) is 0 Å². The molecule has 0 aliphatic carbocycles. The summed E-state index contributed by atoms with van der Waals surface area (Å²) < 4.78 is 13.0. The van der Waals surface area contributed by atoms with Gasteiger partial charge in [-0.05, 0) is 49.5 Å². The first-order valence-corrected chi connectivity index (χ1v) is 5.95. The molecule has 1 aliphatic rings. The highest BCUT2D eigenvalue weighted by molar-refractivity contribution is 5.16. The first-order chi connectivity index (χ1) is 7.78. The number of piperidine rings is 1. The molecular formula is C13H19FN2. The Balaban J connectivity index is 1.94. The lowest BCUT2D eigenvalue weighted by molar-refractivity contribution is 0.171. The van der Waals surface area contributed by atoms with Gasteiger partial charge in [0.1, 0.15) is 5.82 Å². The summed E-state index contributed by atoms with van der Waals surface area (Å²) in [5.41, 5.74) is 6.75. The van der Waals surface area contributed by atoms with Crippen LogP contribution in [0.2, 0.25) is 0 Å². The molecule has 1 fully saturated rings. The number of halogens is 1. The molecule has 1 saturated heterocycles. The van der Waals surface area contributed by atoms with Gasteiger partial charge in [-0.1, -0.05) is 12.1 Å². The average Bonchev–Trinajstić information content (AvgIpc) is 2.29. The Morgan fingerprint density at radius 2 is 2.31 bits per heavy atom. The molecule has 0 bridgehead atoms. The number of nitrogens with two attached hydrogens (primary N) is 1. The van der Waals surface area contributed by atoms with Crippen LogP contribution in [0.4, 0.5) is 4.39 Å². The van der Waals surface area contributed by atoms with E-state index in [0.29, 0.717) is 5.92 Å². The normalized spacial score (nSPS) is 22.2. The highest BCUT2D eigenvalue weighted by atomic mass is 19.1. The minimum absolute atomic E-state index is 0.148. The summed E-state index contributed by atoms with van der Waals surface area (Å²) >= 11 is 0. The second-order valence-corrected chi connectivity index (χ2v) is 4.61. The molecule has 1 heterocycles. The summed E-state index contributed by atoms with van der Waals surface area (Å²) in [4.78, 5) is 2.37. The van der Waals surface area contributed by atoms with Crippen LogP contribution in [0, 0.1) is 11.7 Å². The zero-order valence-electron chi connectivity index (χ0n) is 9.53. The van der Waals surface area contributed by atoms with Crippen LogP contribution in [-0.2, 0) is 6.54 Å². The van der Waals surface area contributed by atoms with E-state index in [-0.39, 0.29) is 5.82 Å². The minimum Gasteiger partial charge on any atom is -0.330 e. The van der Waals surface area contributed by atoms with Crippen molar-refractivity contribution >= 4 is 0 Å². The van der Waals surface area contributed by atoms with Gasteiger partial charge in [-0.2, -0.15) is 0 Å². The second kappa shape index (κ2) is 5.41. The summed E-state index contributed by atoms with van der Waals surface area (Å²) in [6.45, 7) is 3.76. The monoisotopic (exact) mass is 222 g/mol. The van der Waals surface area contributed by atoms with Gasteiger partial charge in [0.25, 0.3) is 0 Å². The van der Waals surface area contributed by atoms with Crippen LogP contribution >= 0.6 is 0 Å². The number of nitrogens with zero attached hydrogens (tertiary/aromatic N) is 1. The predicted molar refractivity (Wildman–Crippen MR) is 63.5 cm³/mol. The maximum atomic E-state index is 13.0. The molecular weight excluding hydrogens is 203 g/mol. The fraction of sp³-hybridized carbons (Fsp3) is 0.538. The van der Waals surface area contributed by atoms with Crippen molar-refractivity contribution in [1.82, 2.24) is 4.90 Å². The molecule has 0 radical (unpaired) electrons. The third kappa shape index (κ3) is 3.03. The molecule has 2 N–H and O–H groups in total. The molecule has 1 aromatic rings. The van der Waals surface area contributed by atoms with Gasteiger partial charge in [0.2, 0.25) is 0 Å². The van der Waals surface area contributed by atoms with E-state index in [1.54, 1.807) is 12.1 Å². The summed E-state index contributed by atoms with van der Waals surface area (Å²) in [7, 11) is 0. The number of rotatable bonds is 3. The molecule has 3 heteroatoms. The summed E-state index contributed by atoms with van der Waals surface area (Å²) in [5, 5.41) is 0. The molecule has 2 rings (SSSR count). The van der Waals surface area contributed by atoms with Gasteiger partial charge < -0.3 is 5.73 Å². The molecule has 1 unspecified atom stereocenters. The average molecular weight is 222 g/mol. The molecule has 0 amide bonds. The van der Waals surface area contributed by atoms with Gasteiger partial charge in [-0.25, -0.2) is 4.39 Å². The standard InChI is InChI=1S/C13H19FN2/c14-13-5-1-3-11(7-13)9-16-6-2-4-12(8-15)10-16/h1,3,5,7,12H,2,4,6,8-10,15H2. The molecule has 88 valence electrons. The zero-order valence-corrected chi connectivity index (χ0v) is 9.53. The third-order valence-corrected chi connectivity index (χ3v) is 3.23. The van der Waals surface area contributed by atoms with E-state index >= 15 is 0 Å². The maximum absolute atomic E-state index is 13.0. The Kier molecular flexibility index (Phi) is 3.91. The van der Waals surface area contributed by atoms with Crippen molar-refractivity contribution in [2.24, 2.45) is 11.7 Å². The highest BCUT2D eigenvalue weighted by Gasteiger charge is 2.18. The summed E-state index contributed by atoms with van der Waals surface area (Å²) in [6.07, 6.45) is 2.44. The van der Waals surface area contributed by atoms with Crippen molar-refractivity contribution in [2.45, 2.75) is 19.4 Å². The van der Waals surface area contributed by atoms with Crippen LogP contribution in [0.25, 0.3) is 0 Å². The fourth-order valence-corrected chi connectivity index (χ4v) is 2.38. The van der Waals surface area contributed by atoms with E-state index in [1.165, 1.54) is 18.9 Å². The molecule has 1 aliphatic heterocycles. The van der Waals surface area contributed by atoms with Crippen molar-refractivity contribution < 1.29 is 4.39 Å². The van der Waals surface area contributed by atoms with Crippen LogP contribution < -0.4 is 5.73 Å². The third-order valence-electron chi connectivity index (χ3n) is 3.23. The largest absolute Gasteiger partial charge is 0.330 e. The highest BCUT2D eigenvalue weighted by Crippen LogP contribution is 2.17. The number of hydrogen-bond donors (Lipinski definition) is 1. The lowest BCUT2D eigenvalue weighted by Crippen LogP contribution is -2.37. The molecule has 16 heavy (non-hydrogen) atoms. The van der Waals surface area contributed by atoms with E-state index in [0.717, 1.165) is 31.7 Å². The Bertz CT molecular complexity index is 340. The summed E-state index contributed by atoms with van der Waals surface area (Å²) in [5.74, 6) is 0.465. The van der Waals surface area contributed by atoms with Gasteiger partial charge in [0.05, 0.1) is 0 Å². The Hall–Kier alpha value is -0.930. The molecule has 1 aromatic carbocycles. The minimum atomic E-state index is -0.148. The van der Waals surface area contributed by atoms with Gasteiger partial charge in [0, 0.05) is 13.1 Å². The van der Waals surface area contributed by atoms with Crippen molar-refractivity contribution in [3.05, 3.63) is 35.6 Å². The van der Waals surface area contributed by atoms with E-state index in [9.17, 15) is 4.39 Å². The Morgan fingerprint density at radius 1 is 1.44 bits per heavy atom. The number of hydrogen-bond acceptors (Lipinski definition) is 2. The van der Waals surface area contributed by atoms with Crippen LogP contribution in [-0.4, -0.2) is 24.5 Å². The first-order valence-electron chi connectivity index (χ1n) is 5.95. The number of likely N-dealkylation sites (tertiary alicyclic amines) is 1. The van der Waals surface area contributed by atoms with Gasteiger partial charge >= 0.3 is 0 Å². The van der Waals surface area contributed by atoms with Crippen LogP contribution in [0.5, 0.6) is 0 Å². The van der Waals surface area contributed by atoms with Gasteiger partial charge in [-0.3, -0.25) is 4.90 Å². The SMILES string of the molecule is NCC1CCCN(Cc2cccc(F)c2)C1. The molecule has 0 spiro atoms. The van der Waals surface area contributed by atoms with E-state index in [4.69, 9.17) is 5.73 Å². The fourth-order valence-electron chi connectivity index (χ4n) is 2.38. The molecule has 0 aromatic heterocycles. The van der Waals surface area contributed by atoms with Crippen molar-refractivity contribution in [2.75, 3.05) is 19.6 Å². The van der Waals surface area contributed by atoms with E-state index in [2.05, 4.69) is 4.90 Å². The Morgan fingerprint density at radius 3 is 3.06 bits per heavy atom. The van der Waals surface area contributed by atoms with Crippen LogP contribution in [0.3, 0.4) is 0 Å². The van der Waals surface area contributed by atoms with Crippen LogP contribution in [0.1, 0.15) is 18.4 Å². The van der Waals surface area contributed by atoms with E-state index in [1.807, 2.05) is 6.07 Å². The quantitative estimate of drug-likeness (QED) is 0.847. The molecule has 1 atom stereocenters. The van der Waals surface area contributed by atoms with E-state index < -0.39 is 0 Å². The predicted octanol–water partition coefficient (Wildman–Crippen LogP) is 2.00. The molecule has 0 saturated carbocycles. The Labute approximate surface area is 96.2 Å². The zero-order chi connectivity index (χ0) is 11.4. The first kappa shape index (κ1) is 11.6. The second-order valence-electron chi connectivity index (χ2n) is 4.61. The summed E-state index contributed by atoms with van der Waals surface area (Å²) in [6, 6.07) is 6.86. The van der Waals surface area contributed by atoms with Gasteiger partial charge in [-0.15, -0.1) is 0 Å². The smallest absolute Gasteiger partial charge is 0.123 e. The maximum Gasteiger partial charge on any atom is 0.123 e. The van der Waals surface area contributed by atoms with Gasteiger partial charge in [0.15, 0.2) is 0 Å².